The van der Waals surface area contributed by atoms with E-state index in [4.69, 9.17) is 10.5 Å². The number of piperidine rings is 2. The van der Waals surface area contributed by atoms with Crippen molar-refractivity contribution in [1.82, 2.24) is 4.90 Å². The first kappa shape index (κ1) is 22.5. The molecule has 3 aliphatic carbocycles. The summed E-state index contributed by atoms with van der Waals surface area (Å²) >= 11 is 0. The highest BCUT2D eigenvalue weighted by Crippen LogP contribution is 2.72. The van der Waals surface area contributed by atoms with Gasteiger partial charge in [-0.05, 0) is 92.7 Å². The maximum absolute atomic E-state index is 7.05. The van der Waals surface area contributed by atoms with Gasteiger partial charge >= 0.3 is 0 Å². The highest BCUT2D eigenvalue weighted by atomic mass is 16.5. The molecule has 0 spiro atoms. The summed E-state index contributed by atoms with van der Waals surface area (Å²) < 4.78 is 7.05. The zero-order valence-corrected chi connectivity index (χ0v) is 22.1. The predicted molar refractivity (Wildman–Crippen MR) is 135 cm³/mol. The molecule has 4 fully saturated rings. The highest BCUT2D eigenvalue weighted by Gasteiger charge is 2.72. The van der Waals surface area contributed by atoms with Gasteiger partial charge in [-0.15, -0.1) is 0 Å². The molecule has 3 heterocycles. The monoisotopic (exact) mass is 452 g/mol. The lowest BCUT2D eigenvalue weighted by atomic mass is 9.59. The lowest BCUT2D eigenvalue weighted by Gasteiger charge is -2.52. The van der Waals surface area contributed by atoms with Crippen LogP contribution in [0.25, 0.3) is 0 Å². The molecule has 3 aliphatic heterocycles. The summed E-state index contributed by atoms with van der Waals surface area (Å²) in [5.41, 5.74) is 12.2. The fourth-order valence-corrected chi connectivity index (χ4v) is 9.79. The van der Waals surface area contributed by atoms with Crippen LogP contribution in [-0.2, 0) is 4.74 Å². The second kappa shape index (κ2) is 7.52. The fourth-order valence-electron chi connectivity index (χ4n) is 9.79. The molecule has 0 aromatic rings. The molecular weight excluding hydrogens is 404 g/mol. The lowest BCUT2D eigenvalue weighted by Crippen LogP contribution is -2.56. The summed E-state index contributed by atoms with van der Waals surface area (Å²) in [6, 6.07) is 1.26. The van der Waals surface area contributed by atoms with Gasteiger partial charge in [0.2, 0.25) is 0 Å². The zero-order valence-electron chi connectivity index (χ0n) is 22.1. The molecule has 3 nitrogen and oxygen atoms in total. The molecule has 6 rings (SSSR count). The highest BCUT2D eigenvalue weighted by molar-refractivity contribution is 5.51. The number of ether oxygens (including phenoxy) is 1. The third-order valence-electron chi connectivity index (χ3n) is 11.2. The van der Waals surface area contributed by atoms with Crippen molar-refractivity contribution >= 4 is 0 Å². The van der Waals surface area contributed by atoms with Gasteiger partial charge in [-0.1, -0.05) is 48.0 Å². The average Bonchev–Trinajstić information content (AvgIpc) is 3.30. The smallest absolute Gasteiger partial charge is 0.107 e. The number of hydrogen-bond donors (Lipinski definition) is 1. The van der Waals surface area contributed by atoms with Gasteiger partial charge in [0, 0.05) is 34.5 Å². The van der Waals surface area contributed by atoms with E-state index in [1.54, 1.807) is 11.1 Å². The summed E-state index contributed by atoms with van der Waals surface area (Å²) in [5.74, 6) is 4.81. The lowest BCUT2D eigenvalue weighted by molar-refractivity contribution is -0.0440. The van der Waals surface area contributed by atoms with Crippen molar-refractivity contribution in [1.29, 1.82) is 0 Å². The number of fused-ring (bicyclic) bond motifs is 9. The van der Waals surface area contributed by atoms with Crippen LogP contribution in [0, 0.1) is 40.4 Å². The van der Waals surface area contributed by atoms with Gasteiger partial charge in [0.15, 0.2) is 0 Å². The zero-order chi connectivity index (χ0) is 23.3. The molecule has 3 heteroatoms. The summed E-state index contributed by atoms with van der Waals surface area (Å²) in [6.07, 6.45) is 12.2. The van der Waals surface area contributed by atoms with Gasteiger partial charge < -0.3 is 10.5 Å². The van der Waals surface area contributed by atoms with E-state index in [-0.39, 0.29) is 5.41 Å². The molecular formula is C30H48N2O. The molecule has 0 aromatic carbocycles. The average molecular weight is 453 g/mol. The molecule has 0 radical (unpaired) electrons. The summed E-state index contributed by atoms with van der Waals surface area (Å²) in [7, 11) is 0. The maximum atomic E-state index is 7.05. The Balaban J connectivity index is 1.41. The molecule has 2 saturated heterocycles. The normalized spacial score (nSPS) is 48.8. The standard InChI is InChI=1S/C30H48N2O/c1-17(2)15-19(4)26(31)25-28-30(25,6)20-11-12-21-27(24(20)22-9-7-8-14-32(22)28)33-23-13-10-18(3)16-29(21,23)5/h17-20,22-24,28H,7-16,31H2,1-6H3/b26-25+. The Morgan fingerprint density at radius 1 is 1.12 bits per heavy atom. The van der Waals surface area contributed by atoms with Crippen LogP contribution in [0.2, 0.25) is 0 Å². The molecule has 6 aliphatic rings. The Labute approximate surface area is 202 Å². The van der Waals surface area contributed by atoms with E-state index in [1.807, 2.05) is 0 Å². The van der Waals surface area contributed by atoms with Gasteiger partial charge in [0.25, 0.3) is 0 Å². The summed E-state index contributed by atoms with van der Waals surface area (Å²) in [4.78, 5) is 2.92. The second-order valence-electron chi connectivity index (χ2n) is 13.8. The van der Waals surface area contributed by atoms with E-state index in [1.165, 1.54) is 75.8 Å². The van der Waals surface area contributed by atoms with Crippen molar-refractivity contribution in [2.24, 2.45) is 46.2 Å². The van der Waals surface area contributed by atoms with Crippen LogP contribution in [0.1, 0.15) is 99.3 Å². The topological polar surface area (TPSA) is 38.5 Å². The Bertz CT molecular complexity index is 888. The number of allylic oxidation sites excluding steroid dienone is 1. The fraction of sp³-hybridized carbons (Fsp3) is 0.867. The third-order valence-corrected chi connectivity index (χ3v) is 11.2. The Morgan fingerprint density at radius 3 is 2.67 bits per heavy atom. The minimum atomic E-state index is 0.262. The van der Waals surface area contributed by atoms with Gasteiger partial charge in [-0.2, -0.15) is 0 Å². The molecule has 0 aromatic heterocycles. The molecule has 9 atom stereocenters. The van der Waals surface area contributed by atoms with E-state index in [0.717, 1.165) is 5.92 Å². The van der Waals surface area contributed by atoms with Crippen molar-refractivity contribution in [3.8, 4) is 0 Å². The third kappa shape index (κ3) is 3.02. The van der Waals surface area contributed by atoms with E-state index >= 15 is 0 Å². The van der Waals surface area contributed by atoms with E-state index in [0.29, 0.717) is 47.3 Å². The van der Waals surface area contributed by atoms with Crippen molar-refractivity contribution < 1.29 is 4.74 Å². The number of rotatable bonds is 3. The Morgan fingerprint density at radius 2 is 1.91 bits per heavy atom. The molecule has 9 unspecified atom stereocenters. The van der Waals surface area contributed by atoms with Crippen molar-refractivity contribution in [3.63, 3.8) is 0 Å². The van der Waals surface area contributed by atoms with Crippen LogP contribution in [0.5, 0.6) is 0 Å². The molecule has 0 amide bonds. The summed E-state index contributed by atoms with van der Waals surface area (Å²) in [5, 5.41) is 0. The van der Waals surface area contributed by atoms with Crippen LogP contribution < -0.4 is 5.73 Å². The van der Waals surface area contributed by atoms with Crippen LogP contribution >= 0.6 is 0 Å². The van der Waals surface area contributed by atoms with Crippen molar-refractivity contribution in [2.75, 3.05) is 6.54 Å². The van der Waals surface area contributed by atoms with Crippen molar-refractivity contribution in [2.45, 2.75) is 118 Å². The number of nitrogens with two attached hydrogens (primary N) is 1. The van der Waals surface area contributed by atoms with Crippen LogP contribution in [-0.4, -0.2) is 29.6 Å². The molecule has 2 N–H and O–H groups in total. The predicted octanol–water partition coefficient (Wildman–Crippen LogP) is 6.64. The molecule has 184 valence electrons. The molecule has 2 saturated carbocycles. The second-order valence-corrected chi connectivity index (χ2v) is 13.8. The minimum absolute atomic E-state index is 0.262. The van der Waals surface area contributed by atoms with E-state index in [9.17, 15) is 0 Å². The first-order valence-electron chi connectivity index (χ1n) is 14.3. The SMILES string of the molecule is CC(C)CC(C)/C(N)=C1/C2N3CCCCC3C3C4=C(CCC3C12C)C1(C)CC(C)CCC1O4. The van der Waals surface area contributed by atoms with Crippen LogP contribution in [0.15, 0.2) is 22.6 Å². The first-order valence-corrected chi connectivity index (χ1v) is 14.3. The number of nitrogens with zero attached hydrogens (tertiary/aromatic N) is 1. The molecule has 0 bridgehead atoms. The van der Waals surface area contributed by atoms with Crippen molar-refractivity contribution in [3.05, 3.63) is 22.6 Å². The Hall–Kier alpha value is -0.960. The maximum Gasteiger partial charge on any atom is 0.107 e. The molecule has 33 heavy (non-hydrogen) atoms. The summed E-state index contributed by atoms with van der Waals surface area (Å²) in [6.45, 7) is 15.9. The number of hydrogen-bond acceptors (Lipinski definition) is 3. The van der Waals surface area contributed by atoms with E-state index < -0.39 is 0 Å². The van der Waals surface area contributed by atoms with E-state index in [2.05, 4.69) is 46.4 Å². The Kier molecular flexibility index (Phi) is 5.13. The van der Waals surface area contributed by atoms with Gasteiger partial charge in [0.05, 0.1) is 0 Å². The first-order chi connectivity index (χ1) is 15.7. The van der Waals surface area contributed by atoms with Gasteiger partial charge in [-0.3, -0.25) is 4.90 Å². The van der Waals surface area contributed by atoms with Gasteiger partial charge in [-0.25, -0.2) is 0 Å². The van der Waals surface area contributed by atoms with Crippen LogP contribution in [0.4, 0.5) is 0 Å². The van der Waals surface area contributed by atoms with Crippen LogP contribution in [0.3, 0.4) is 0 Å². The minimum Gasteiger partial charge on any atom is -0.494 e. The largest absolute Gasteiger partial charge is 0.494 e. The quantitative estimate of drug-likeness (QED) is 0.521. The van der Waals surface area contributed by atoms with Gasteiger partial charge in [0.1, 0.15) is 11.9 Å².